The molecule has 1 aromatic rings. The van der Waals surface area contributed by atoms with E-state index >= 15 is 0 Å². The highest BCUT2D eigenvalue weighted by Crippen LogP contribution is 2.25. The molecule has 0 aromatic heterocycles. The molecule has 2 fully saturated rings. The van der Waals surface area contributed by atoms with Crippen LogP contribution >= 0.6 is 0 Å². The van der Waals surface area contributed by atoms with Gasteiger partial charge in [0.15, 0.2) is 5.96 Å². The normalized spacial score (nSPS) is 24.1. The maximum absolute atomic E-state index is 12.8. The number of sulfonamides is 1. The summed E-state index contributed by atoms with van der Waals surface area (Å²) in [6, 6.07) is 8.60. The van der Waals surface area contributed by atoms with Gasteiger partial charge in [0.2, 0.25) is 10.0 Å². The zero-order valence-corrected chi connectivity index (χ0v) is 18.8. The summed E-state index contributed by atoms with van der Waals surface area (Å²) < 4.78 is 32.0. The Balaban J connectivity index is 1.50. The number of carbonyl (C=O) groups is 1. The molecule has 0 radical (unpaired) electrons. The number of guanidine groups is 1. The van der Waals surface area contributed by atoms with E-state index in [2.05, 4.69) is 22.1 Å². The first-order valence-electron chi connectivity index (χ1n) is 10.5. The van der Waals surface area contributed by atoms with E-state index < -0.39 is 10.0 Å². The summed E-state index contributed by atoms with van der Waals surface area (Å²) >= 11 is 0. The largest absolute Gasteiger partial charge is 0.469 e. The van der Waals surface area contributed by atoms with Crippen LogP contribution in [0.3, 0.4) is 0 Å². The van der Waals surface area contributed by atoms with E-state index in [1.54, 1.807) is 35.6 Å². The van der Waals surface area contributed by atoms with Crippen molar-refractivity contribution < 1.29 is 17.9 Å². The summed E-state index contributed by atoms with van der Waals surface area (Å²) in [5, 5.41) is 3.42. The van der Waals surface area contributed by atoms with E-state index in [9.17, 15) is 13.2 Å². The number of carbonyl (C=O) groups excluding carboxylic acids is 1. The quantitative estimate of drug-likeness (QED) is 0.426. The number of nitrogens with zero attached hydrogens (tertiary/aromatic N) is 3. The molecule has 3 rings (SSSR count). The van der Waals surface area contributed by atoms with E-state index in [0.29, 0.717) is 30.4 Å². The molecule has 0 spiro atoms. The van der Waals surface area contributed by atoms with Crippen molar-refractivity contribution >= 4 is 22.0 Å². The standard InChI is InChI=1S/C21H32N4O4S/c1-16-14-24(15-19(16)20(26)29-3)21(22-2)23-13-17-9-11-25(12-10-17)30(27,28)18-7-5-4-6-8-18/h4-8,16-17,19H,9-15H2,1-3H3,(H,22,23). The lowest BCUT2D eigenvalue weighted by molar-refractivity contribution is -0.145. The van der Waals surface area contributed by atoms with Crippen LogP contribution in [0, 0.1) is 17.8 Å². The van der Waals surface area contributed by atoms with E-state index in [4.69, 9.17) is 4.74 Å². The molecule has 2 aliphatic rings. The molecule has 166 valence electrons. The highest BCUT2D eigenvalue weighted by molar-refractivity contribution is 7.89. The summed E-state index contributed by atoms with van der Waals surface area (Å²) in [6.07, 6.45) is 1.61. The first-order chi connectivity index (χ1) is 14.4. The van der Waals surface area contributed by atoms with Crippen LogP contribution in [-0.2, 0) is 19.6 Å². The SMILES string of the molecule is CN=C(NCC1CCN(S(=O)(=O)c2ccccc2)CC1)N1CC(C)C(C(=O)OC)C1. The molecule has 8 nitrogen and oxygen atoms in total. The predicted molar refractivity (Wildman–Crippen MR) is 116 cm³/mol. The number of rotatable bonds is 5. The average Bonchev–Trinajstić information content (AvgIpc) is 3.16. The van der Waals surface area contributed by atoms with Gasteiger partial charge in [0.25, 0.3) is 0 Å². The number of aliphatic imine (C=N–C) groups is 1. The first-order valence-corrected chi connectivity index (χ1v) is 11.9. The Kier molecular flexibility index (Phi) is 7.36. The Bertz CT molecular complexity index is 851. The minimum absolute atomic E-state index is 0.139. The van der Waals surface area contributed by atoms with Gasteiger partial charge in [0, 0.05) is 39.8 Å². The highest BCUT2D eigenvalue weighted by Gasteiger charge is 2.37. The maximum Gasteiger partial charge on any atom is 0.310 e. The van der Waals surface area contributed by atoms with Crippen LogP contribution in [0.25, 0.3) is 0 Å². The molecule has 1 aromatic carbocycles. The van der Waals surface area contributed by atoms with Crippen LogP contribution in [0.5, 0.6) is 0 Å². The topological polar surface area (TPSA) is 91.3 Å². The van der Waals surface area contributed by atoms with Gasteiger partial charge in [0.1, 0.15) is 0 Å². The van der Waals surface area contributed by atoms with Gasteiger partial charge in [-0.1, -0.05) is 25.1 Å². The zero-order valence-electron chi connectivity index (χ0n) is 18.0. The number of hydrogen-bond acceptors (Lipinski definition) is 5. The second-order valence-corrected chi connectivity index (χ2v) is 10.0. The minimum Gasteiger partial charge on any atom is -0.469 e. The van der Waals surface area contributed by atoms with E-state index in [0.717, 1.165) is 31.9 Å². The summed E-state index contributed by atoms with van der Waals surface area (Å²) in [5.41, 5.74) is 0. The highest BCUT2D eigenvalue weighted by atomic mass is 32.2. The second kappa shape index (κ2) is 9.78. The first kappa shape index (κ1) is 22.6. The monoisotopic (exact) mass is 436 g/mol. The van der Waals surface area contributed by atoms with Gasteiger partial charge in [-0.05, 0) is 36.8 Å². The molecule has 2 heterocycles. The number of nitrogens with one attached hydrogen (secondary N) is 1. The molecule has 2 atom stereocenters. The Hall–Kier alpha value is -2.13. The number of benzene rings is 1. The van der Waals surface area contributed by atoms with Crippen molar-refractivity contribution in [1.29, 1.82) is 0 Å². The number of hydrogen-bond donors (Lipinski definition) is 1. The van der Waals surface area contributed by atoms with Gasteiger partial charge in [0.05, 0.1) is 17.9 Å². The lowest BCUT2D eigenvalue weighted by atomic mass is 9.98. The van der Waals surface area contributed by atoms with Crippen LogP contribution in [-0.4, -0.2) is 76.4 Å². The summed E-state index contributed by atoms with van der Waals surface area (Å²) in [4.78, 5) is 18.8. The summed E-state index contributed by atoms with van der Waals surface area (Å²) in [5.74, 6) is 1.06. The molecule has 0 bridgehead atoms. The second-order valence-electron chi connectivity index (χ2n) is 8.10. The molecule has 30 heavy (non-hydrogen) atoms. The van der Waals surface area contributed by atoms with Gasteiger partial charge in [-0.2, -0.15) is 4.31 Å². The van der Waals surface area contributed by atoms with Crippen LogP contribution in [0.2, 0.25) is 0 Å². The molecular weight excluding hydrogens is 404 g/mol. The number of piperidine rings is 1. The van der Waals surface area contributed by atoms with Crippen molar-refractivity contribution in [2.24, 2.45) is 22.7 Å². The maximum atomic E-state index is 12.8. The van der Waals surface area contributed by atoms with Crippen molar-refractivity contribution in [3.05, 3.63) is 30.3 Å². The van der Waals surface area contributed by atoms with Crippen LogP contribution in [0.4, 0.5) is 0 Å². The molecule has 1 N–H and O–H groups in total. The Morgan fingerprint density at radius 1 is 1.20 bits per heavy atom. The van der Waals surface area contributed by atoms with Crippen molar-refractivity contribution in [3.8, 4) is 0 Å². The van der Waals surface area contributed by atoms with E-state index in [-0.39, 0.29) is 17.8 Å². The number of ether oxygens (including phenoxy) is 1. The molecule has 9 heteroatoms. The summed E-state index contributed by atoms with van der Waals surface area (Å²) in [6.45, 7) is 5.19. The number of esters is 1. The average molecular weight is 437 g/mol. The molecule has 2 aliphatic heterocycles. The van der Waals surface area contributed by atoms with Gasteiger partial charge in [-0.3, -0.25) is 9.79 Å². The fourth-order valence-electron chi connectivity index (χ4n) is 4.26. The van der Waals surface area contributed by atoms with E-state index in [1.807, 2.05) is 6.07 Å². The number of likely N-dealkylation sites (tertiary alicyclic amines) is 1. The van der Waals surface area contributed by atoms with Crippen LogP contribution in [0.15, 0.2) is 40.2 Å². The van der Waals surface area contributed by atoms with Crippen molar-refractivity contribution in [2.45, 2.75) is 24.7 Å². The van der Waals surface area contributed by atoms with Gasteiger partial charge in [-0.15, -0.1) is 0 Å². The zero-order chi connectivity index (χ0) is 21.7. The Labute approximate surface area is 179 Å². The smallest absolute Gasteiger partial charge is 0.310 e. The molecule has 0 amide bonds. The summed E-state index contributed by atoms with van der Waals surface area (Å²) in [7, 11) is -0.251. The molecular formula is C21H32N4O4S. The molecule has 0 saturated carbocycles. The van der Waals surface area contributed by atoms with Gasteiger partial charge in [-0.25, -0.2) is 8.42 Å². The third kappa shape index (κ3) is 4.95. The van der Waals surface area contributed by atoms with Crippen LogP contribution < -0.4 is 5.32 Å². The molecule has 2 unspecified atom stereocenters. The van der Waals surface area contributed by atoms with Crippen molar-refractivity contribution in [1.82, 2.24) is 14.5 Å². The van der Waals surface area contributed by atoms with Crippen molar-refractivity contribution in [2.75, 3.05) is 46.9 Å². The fraction of sp³-hybridized carbons (Fsp3) is 0.619. The molecule has 2 saturated heterocycles. The minimum atomic E-state index is -3.42. The van der Waals surface area contributed by atoms with Crippen LogP contribution in [0.1, 0.15) is 19.8 Å². The lowest BCUT2D eigenvalue weighted by Gasteiger charge is -2.32. The predicted octanol–water partition coefficient (Wildman–Crippen LogP) is 1.40. The lowest BCUT2D eigenvalue weighted by Crippen LogP contribution is -2.45. The fourth-order valence-corrected chi connectivity index (χ4v) is 5.75. The third-order valence-corrected chi connectivity index (χ3v) is 8.04. The molecule has 0 aliphatic carbocycles. The third-order valence-electron chi connectivity index (χ3n) is 6.13. The van der Waals surface area contributed by atoms with Gasteiger partial charge < -0.3 is 15.0 Å². The Morgan fingerprint density at radius 2 is 1.87 bits per heavy atom. The number of methoxy groups -OCH3 is 1. The van der Waals surface area contributed by atoms with E-state index in [1.165, 1.54) is 7.11 Å². The van der Waals surface area contributed by atoms with Gasteiger partial charge >= 0.3 is 5.97 Å². The van der Waals surface area contributed by atoms with Crippen molar-refractivity contribution in [3.63, 3.8) is 0 Å². The Morgan fingerprint density at radius 3 is 2.47 bits per heavy atom.